The Morgan fingerprint density at radius 3 is 1.96 bits per heavy atom. The molecule has 0 aliphatic carbocycles. The molecule has 0 unspecified atom stereocenters. The van der Waals surface area contributed by atoms with E-state index >= 15 is 0 Å². The fourth-order valence-electron chi connectivity index (χ4n) is 2.24. The molecule has 0 heterocycles. The number of esters is 1. The Kier molecular flexibility index (Phi) is 6.49. The Hall–Kier alpha value is -3.15. The summed E-state index contributed by atoms with van der Waals surface area (Å²) in [5, 5.41) is 5.31. The van der Waals surface area contributed by atoms with Gasteiger partial charge in [-0.25, -0.2) is 4.79 Å². The summed E-state index contributed by atoms with van der Waals surface area (Å²) in [6, 6.07) is 13.7. The van der Waals surface area contributed by atoms with Crippen molar-refractivity contribution >= 4 is 29.2 Å². The van der Waals surface area contributed by atoms with Gasteiger partial charge in [0, 0.05) is 18.3 Å². The van der Waals surface area contributed by atoms with Crippen molar-refractivity contribution in [3.05, 3.63) is 59.7 Å². The lowest BCUT2D eigenvalue weighted by atomic mass is 10.1. The molecule has 0 saturated heterocycles. The highest BCUT2D eigenvalue weighted by Gasteiger charge is 2.19. The van der Waals surface area contributed by atoms with Crippen LogP contribution in [0.4, 0.5) is 11.4 Å². The zero-order chi connectivity index (χ0) is 19.1. The molecule has 26 heavy (non-hydrogen) atoms. The summed E-state index contributed by atoms with van der Waals surface area (Å²) in [6.07, 6.45) is -0.0575. The van der Waals surface area contributed by atoms with Crippen molar-refractivity contribution in [2.24, 2.45) is 0 Å². The van der Waals surface area contributed by atoms with Gasteiger partial charge >= 0.3 is 5.97 Å². The van der Waals surface area contributed by atoms with E-state index in [9.17, 15) is 14.4 Å². The van der Waals surface area contributed by atoms with E-state index in [1.807, 2.05) is 19.1 Å². The average molecular weight is 354 g/mol. The summed E-state index contributed by atoms with van der Waals surface area (Å²) >= 11 is 0. The van der Waals surface area contributed by atoms with E-state index in [0.717, 1.165) is 12.0 Å². The fourth-order valence-corrected chi connectivity index (χ4v) is 2.24. The lowest BCUT2D eigenvalue weighted by Gasteiger charge is -2.14. The molecule has 0 spiro atoms. The van der Waals surface area contributed by atoms with E-state index in [1.54, 1.807) is 36.4 Å². The van der Waals surface area contributed by atoms with E-state index in [0.29, 0.717) is 16.9 Å². The number of carbonyl (C=O) groups excluding carboxylic acids is 3. The first-order valence-corrected chi connectivity index (χ1v) is 8.37. The van der Waals surface area contributed by atoms with Crippen molar-refractivity contribution in [1.29, 1.82) is 0 Å². The summed E-state index contributed by atoms with van der Waals surface area (Å²) in [4.78, 5) is 35.3. The molecule has 0 aromatic heterocycles. The molecular weight excluding hydrogens is 332 g/mol. The predicted molar refractivity (Wildman–Crippen MR) is 100 cm³/mol. The molecule has 6 nitrogen and oxygen atoms in total. The Balaban J connectivity index is 1.91. The van der Waals surface area contributed by atoms with Gasteiger partial charge in [-0.2, -0.15) is 0 Å². The Labute approximate surface area is 152 Å². The van der Waals surface area contributed by atoms with Crippen LogP contribution in [0.1, 0.15) is 36.7 Å². The first kappa shape index (κ1) is 19.2. The number of nitrogens with one attached hydrogen (secondary N) is 2. The van der Waals surface area contributed by atoms with Crippen LogP contribution in [0, 0.1) is 0 Å². The van der Waals surface area contributed by atoms with E-state index in [1.165, 1.54) is 13.8 Å². The van der Waals surface area contributed by atoms with Crippen molar-refractivity contribution < 1.29 is 19.1 Å². The van der Waals surface area contributed by atoms with Crippen LogP contribution in [0.25, 0.3) is 0 Å². The maximum absolute atomic E-state index is 12.2. The number of anilines is 2. The van der Waals surface area contributed by atoms with Crippen molar-refractivity contribution in [2.45, 2.75) is 33.3 Å². The molecular formula is C20H22N2O4. The number of hydrogen-bond acceptors (Lipinski definition) is 4. The lowest BCUT2D eigenvalue weighted by molar-refractivity contribution is -0.123. The quantitative estimate of drug-likeness (QED) is 0.779. The van der Waals surface area contributed by atoms with Crippen LogP contribution in [0.15, 0.2) is 48.5 Å². The first-order valence-electron chi connectivity index (χ1n) is 8.37. The second-order valence-corrected chi connectivity index (χ2v) is 5.85. The standard InChI is InChI=1S/C20H22N2O4/c1-4-15-5-7-16(8-6-15)20(25)26-13(2)19(24)22-18-11-9-17(10-12-18)21-14(3)23/h5-13H,4H2,1-3H3,(H,21,23)(H,22,24)/t13-/m1/s1. The Morgan fingerprint density at radius 2 is 1.46 bits per heavy atom. The molecule has 136 valence electrons. The molecule has 2 aromatic rings. The number of rotatable bonds is 6. The van der Waals surface area contributed by atoms with Crippen LogP contribution in [0.2, 0.25) is 0 Å². The van der Waals surface area contributed by atoms with Gasteiger partial charge in [0.05, 0.1) is 5.56 Å². The third-order valence-electron chi connectivity index (χ3n) is 3.72. The molecule has 2 aromatic carbocycles. The Bertz CT molecular complexity index is 782. The topological polar surface area (TPSA) is 84.5 Å². The summed E-state index contributed by atoms with van der Waals surface area (Å²) in [6.45, 7) is 4.96. The van der Waals surface area contributed by atoms with Crippen LogP contribution in [-0.2, 0) is 20.7 Å². The number of amides is 2. The van der Waals surface area contributed by atoms with E-state index < -0.39 is 18.0 Å². The highest BCUT2D eigenvalue weighted by Crippen LogP contribution is 2.14. The van der Waals surface area contributed by atoms with Gasteiger partial charge in [-0.15, -0.1) is 0 Å². The number of hydrogen-bond donors (Lipinski definition) is 2. The van der Waals surface area contributed by atoms with Crippen molar-refractivity contribution in [2.75, 3.05) is 10.6 Å². The molecule has 0 aliphatic heterocycles. The van der Waals surface area contributed by atoms with Crippen molar-refractivity contribution in [3.63, 3.8) is 0 Å². The monoisotopic (exact) mass is 354 g/mol. The van der Waals surface area contributed by atoms with Gasteiger partial charge in [0.25, 0.3) is 5.91 Å². The lowest BCUT2D eigenvalue weighted by Crippen LogP contribution is -2.30. The van der Waals surface area contributed by atoms with Crippen molar-refractivity contribution in [1.82, 2.24) is 0 Å². The average Bonchev–Trinajstić information content (AvgIpc) is 2.62. The van der Waals surface area contributed by atoms with Gasteiger partial charge in [0.2, 0.25) is 5.91 Å². The third-order valence-corrected chi connectivity index (χ3v) is 3.72. The highest BCUT2D eigenvalue weighted by atomic mass is 16.5. The number of carbonyl (C=O) groups is 3. The van der Waals surface area contributed by atoms with Gasteiger partial charge in [-0.3, -0.25) is 9.59 Å². The second-order valence-electron chi connectivity index (χ2n) is 5.85. The second kappa shape index (κ2) is 8.80. The summed E-state index contributed by atoms with van der Waals surface area (Å²) in [7, 11) is 0. The van der Waals surface area contributed by atoms with E-state index in [2.05, 4.69) is 10.6 Å². The van der Waals surface area contributed by atoms with Crippen molar-refractivity contribution in [3.8, 4) is 0 Å². The normalized spacial score (nSPS) is 11.3. The third kappa shape index (κ3) is 5.44. The maximum atomic E-state index is 12.2. The molecule has 2 amide bonds. The molecule has 2 rings (SSSR count). The smallest absolute Gasteiger partial charge is 0.338 e. The van der Waals surface area contributed by atoms with Crippen LogP contribution < -0.4 is 10.6 Å². The number of aryl methyl sites for hydroxylation is 1. The van der Waals surface area contributed by atoms with Gasteiger partial charge in [0.15, 0.2) is 6.10 Å². The number of ether oxygens (including phenoxy) is 1. The largest absolute Gasteiger partial charge is 0.449 e. The minimum absolute atomic E-state index is 0.172. The minimum Gasteiger partial charge on any atom is -0.449 e. The zero-order valence-electron chi connectivity index (χ0n) is 15.0. The molecule has 1 atom stereocenters. The van der Waals surface area contributed by atoms with Gasteiger partial charge in [0.1, 0.15) is 0 Å². The van der Waals surface area contributed by atoms with Crippen LogP contribution >= 0.6 is 0 Å². The predicted octanol–water partition coefficient (Wildman–Crippen LogP) is 3.39. The van der Waals surface area contributed by atoms with Gasteiger partial charge in [-0.05, 0) is 55.3 Å². The summed E-state index contributed by atoms with van der Waals surface area (Å²) in [5.41, 5.74) is 2.70. The molecule has 0 fully saturated rings. The summed E-state index contributed by atoms with van der Waals surface area (Å²) in [5.74, 6) is -1.15. The molecule has 6 heteroatoms. The molecule has 2 N–H and O–H groups in total. The zero-order valence-corrected chi connectivity index (χ0v) is 15.0. The van der Waals surface area contributed by atoms with Crippen LogP contribution in [0.3, 0.4) is 0 Å². The molecule has 0 aliphatic rings. The maximum Gasteiger partial charge on any atom is 0.338 e. The van der Waals surface area contributed by atoms with Crippen LogP contribution in [0.5, 0.6) is 0 Å². The SMILES string of the molecule is CCc1ccc(C(=O)O[C@H](C)C(=O)Nc2ccc(NC(C)=O)cc2)cc1. The number of benzene rings is 2. The highest BCUT2D eigenvalue weighted by molar-refractivity contribution is 5.97. The first-order chi connectivity index (χ1) is 12.4. The summed E-state index contributed by atoms with van der Waals surface area (Å²) < 4.78 is 5.21. The van der Waals surface area contributed by atoms with Gasteiger partial charge < -0.3 is 15.4 Å². The van der Waals surface area contributed by atoms with Gasteiger partial charge in [-0.1, -0.05) is 19.1 Å². The van der Waals surface area contributed by atoms with E-state index in [4.69, 9.17) is 4.74 Å². The molecule has 0 saturated carbocycles. The van der Waals surface area contributed by atoms with E-state index in [-0.39, 0.29) is 5.91 Å². The fraction of sp³-hybridized carbons (Fsp3) is 0.250. The van der Waals surface area contributed by atoms with Crippen LogP contribution in [-0.4, -0.2) is 23.9 Å². The molecule has 0 radical (unpaired) electrons. The Morgan fingerprint density at radius 1 is 0.923 bits per heavy atom. The minimum atomic E-state index is -0.941. The molecule has 0 bridgehead atoms.